The number of nitrogens with one attached hydrogen (secondary N) is 1. The van der Waals surface area contributed by atoms with Gasteiger partial charge in [0, 0.05) is 44.1 Å². The zero-order valence-corrected chi connectivity index (χ0v) is 16.7. The van der Waals surface area contributed by atoms with Crippen molar-refractivity contribution >= 4 is 17.3 Å². The Morgan fingerprint density at radius 1 is 1.11 bits per heavy atom. The first-order valence-electron chi connectivity index (χ1n) is 9.51. The van der Waals surface area contributed by atoms with Crippen LogP contribution in [0.15, 0.2) is 42.5 Å². The summed E-state index contributed by atoms with van der Waals surface area (Å²) in [7, 11) is 5.00. The minimum absolute atomic E-state index is 0.0220. The second-order valence-corrected chi connectivity index (χ2v) is 6.87. The van der Waals surface area contributed by atoms with E-state index in [1.807, 2.05) is 42.5 Å². The van der Waals surface area contributed by atoms with Crippen LogP contribution in [0.4, 0.5) is 11.4 Å². The van der Waals surface area contributed by atoms with Crippen molar-refractivity contribution in [1.82, 2.24) is 0 Å². The Kier molecular flexibility index (Phi) is 6.76. The molecule has 0 radical (unpaired) electrons. The summed E-state index contributed by atoms with van der Waals surface area (Å²) in [5.41, 5.74) is 2.94. The lowest BCUT2D eigenvalue weighted by molar-refractivity contribution is -0.116. The third-order valence-electron chi connectivity index (χ3n) is 5.11. The smallest absolute Gasteiger partial charge is 0.224 e. The van der Waals surface area contributed by atoms with E-state index >= 15 is 0 Å². The van der Waals surface area contributed by atoms with E-state index in [1.165, 1.54) is 0 Å². The van der Waals surface area contributed by atoms with Crippen molar-refractivity contribution in [1.29, 1.82) is 0 Å². The van der Waals surface area contributed by atoms with Gasteiger partial charge in [0.1, 0.15) is 11.5 Å². The largest absolute Gasteiger partial charge is 0.497 e. The molecule has 1 atom stereocenters. The SMILES string of the molecule is COc1ccc(CCC(=O)Nc2ccc(N3CC[C@@H](OC)C3)cc2)c(OC)c1. The highest BCUT2D eigenvalue weighted by atomic mass is 16.5. The molecule has 1 N–H and O–H groups in total. The van der Waals surface area contributed by atoms with Gasteiger partial charge >= 0.3 is 0 Å². The first kappa shape index (κ1) is 20.0. The number of nitrogens with zero attached hydrogens (tertiary/aromatic N) is 1. The van der Waals surface area contributed by atoms with Crippen molar-refractivity contribution in [3.8, 4) is 11.5 Å². The van der Waals surface area contributed by atoms with Crippen molar-refractivity contribution in [2.24, 2.45) is 0 Å². The highest BCUT2D eigenvalue weighted by Gasteiger charge is 2.22. The molecule has 0 bridgehead atoms. The lowest BCUT2D eigenvalue weighted by atomic mass is 10.1. The predicted octanol–water partition coefficient (Wildman–Crippen LogP) is 3.50. The molecule has 3 rings (SSSR count). The van der Waals surface area contributed by atoms with E-state index < -0.39 is 0 Å². The summed E-state index contributed by atoms with van der Waals surface area (Å²) in [6, 6.07) is 13.6. The van der Waals surface area contributed by atoms with Gasteiger partial charge in [0.15, 0.2) is 0 Å². The normalized spacial score (nSPS) is 16.1. The first-order valence-corrected chi connectivity index (χ1v) is 9.51. The van der Waals surface area contributed by atoms with E-state index in [9.17, 15) is 4.79 Å². The summed E-state index contributed by atoms with van der Waals surface area (Å²) >= 11 is 0. The van der Waals surface area contributed by atoms with Crippen LogP contribution in [-0.4, -0.2) is 46.4 Å². The number of amides is 1. The summed E-state index contributed by atoms with van der Waals surface area (Å²) in [6.07, 6.45) is 2.33. The number of anilines is 2. The fourth-order valence-electron chi connectivity index (χ4n) is 3.44. The number of benzene rings is 2. The first-order chi connectivity index (χ1) is 13.6. The second-order valence-electron chi connectivity index (χ2n) is 6.87. The quantitative estimate of drug-likeness (QED) is 0.755. The number of methoxy groups -OCH3 is 3. The molecule has 6 nitrogen and oxygen atoms in total. The van der Waals surface area contributed by atoms with Gasteiger partial charge in [-0.25, -0.2) is 0 Å². The third kappa shape index (κ3) is 4.95. The molecule has 28 heavy (non-hydrogen) atoms. The van der Waals surface area contributed by atoms with Crippen molar-refractivity contribution in [2.45, 2.75) is 25.4 Å². The molecular weight excluding hydrogens is 356 g/mol. The maximum Gasteiger partial charge on any atom is 0.224 e. The summed E-state index contributed by atoms with van der Waals surface area (Å²) in [5, 5.41) is 2.96. The van der Waals surface area contributed by atoms with Crippen LogP contribution < -0.4 is 19.7 Å². The molecule has 0 unspecified atom stereocenters. The standard InChI is InChI=1S/C22H28N2O4/c1-26-19-10-4-16(21(14-19)28-3)5-11-22(25)23-17-6-8-18(9-7-17)24-13-12-20(15-24)27-2/h4,6-10,14,20H,5,11-13,15H2,1-3H3,(H,23,25)/t20-/m1/s1. The van der Waals surface area contributed by atoms with Crippen LogP contribution in [0.2, 0.25) is 0 Å². The van der Waals surface area contributed by atoms with Gasteiger partial charge in [0.25, 0.3) is 0 Å². The number of carbonyl (C=O) groups excluding carboxylic acids is 1. The highest BCUT2D eigenvalue weighted by molar-refractivity contribution is 5.91. The van der Waals surface area contributed by atoms with Crippen molar-refractivity contribution in [3.63, 3.8) is 0 Å². The molecule has 1 heterocycles. The van der Waals surface area contributed by atoms with Gasteiger partial charge in [-0.15, -0.1) is 0 Å². The van der Waals surface area contributed by atoms with Gasteiger partial charge in [0.2, 0.25) is 5.91 Å². The highest BCUT2D eigenvalue weighted by Crippen LogP contribution is 2.26. The number of hydrogen-bond donors (Lipinski definition) is 1. The van der Waals surface area contributed by atoms with Gasteiger partial charge in [-0.05, 0) is 48.7 Å². The van der Waals surface area contributed by atoms with Crippen LogP contribution in [0.1, 0.15) is 18.4 Å². The Morgan fingerprint density at radius 3 is 2.54 bits per heavy atom. The minimum Gasteiger partial charge on any atom is -0.497 e. The Hall–Kier alpha value is -2.73. The monoisotopic (exact) mass is 384 g/mol. The number of rotatable bonds is 8. The molecule has 6 heteroatoms. The van der Waals surface area contributed by atoms with Crippen LogP contribution >= 0.6 is 0 Å². The molecule has 0 saturated carbocycles. The van der Waals surface area contributed by atoms with Crippen molar-refractivity contribution in [3.05, 3.63) is 48.0 Å². The van der Waals surface area contributed by atoms with Crippen molar-refractivity contribution in [2.75, 3.05) is 44.6 Å². The van der Waals surface area contributed by atoms with E-state index in [0.717, 1.165) is 47.9 Å². The van der Waals surface area contributed by atoms with E-state index in [0.29, 0.717) is 18.9 Å². The second kappa shape index (κ2) is 9.46. The molecule has 0 aliphatic carbocycles. The molecule has 1 amide bonds. The lowest BCUT2D eigenvalue weighted by Crippen LogP contribution is -2.22. The average Bonchev–Trinajstić information content (AvgIpc) is 3.22. The summed E-state index contributed by atoms with van der Waals surface area (Å²) < 4.78 is 16.0. The van der Waals surface area contributed by atoms with Gasteiger partial charge in [-0.3, -0.25) is 4.79 Å². The molecule has 2 aromatic rings. The molecule has 1 saturated heterocycles. The number of carbonyl (C=O) groups is 1. The van der Waals surface area contributed by atoms with E-state index in [-0.39, 0.29) is 5.91 Å². The van der Waals surface area contributed by atoms with Gasteiger partial charge in [-0.2, -0.15) is 0 Å². The molecule has 150 valence electrons. The van der Waals surface area contributed by atoms with Crippen LogP contribution in [0, 0.1) is 0 Å². The average molecular weight is 384 g/mol. The van der Waals surface area contributed by atoms with Crippen LogP contribution in [0.3, 0.4) is 0 Å². The molecule has 1 aliphatic rings. The summed E-state index contributed by atoms with van der Waals surface area (Å²) in [4.78, 5) is 14.6. The molecule has 0 spiro atoms. The molecule has 2 aromatic carbocycles. The number of ether oxygens (including phenoxy) is 3. The van der Waals surface area contributed by atoms with Crippen LogP contribution in [0.5, 0.6) is 11.5 Å². The van der Waals surface area contributed by atoms with E-state index in [2.05, 4.69) is 10.2 Å². The minimum atomic E-state index is -0.0220. The lowest BCUT2D eigenvalue weighted by Gasteiger charge is -2.18. The summed E-state index contributed by atoms with van der Waals surface area (Å²) in [5.74, 6) is 1.45. The van der Waals surface area contributed by atoms with Gasteiger partial charge < -0.3 is 24.4 Å². The third-order valence-corrected chi connectivity index (χ3v) is 5.11. The number of aryl methyl sites for hydroxylation is 1. The Labute approximate surface area is 166 Å². The fourth-order valence-corrected chi connectivity index (χ4v) is 3.44. The Balaban J connectivity index is 1.52. The molecule has 1 aliphatic heterocycles. The maximum atomic E-state index is 12.3. The Morgan fingerprint density at radius 2 is 1.89 bits per heavy atom. The zero-order chi connectivity index (χ0) is 19.9. The van der Waals surface area contributed by atoms with Crippen LogP contribution in [0.25, 0.3) is 0 Å². The Bertz CT molecular complexity index is 792. The topological polar surface area (TPSA) is 60.0 Å². The molecule has 0 aromatic heterocycles. The summed E-state index contributed by atoms with van der Waals surface area (Å²) in [6.45, 7) is 1.90. The fraction of sp³-hybridized carbons (Fsp3) is 0.409. The van der Waals surface area contributed by atoms with E-state index in [1.54, 1.807) is 21.3 Å². The molecular formula is C22H28N2O4. The van der Waals surface area contributed by atoms with Gasteiger partial charge in [0.05, 0.1) is 20.3 Å². The van der Waals surface area contributed by atoms with Gasteiger partial charge in [-0.1, -0.05) is 6.07 Å². The number of hydrogen-bond acceptors (Lipinski definition) is 5. The van der Waals surface area contributed by atoms with E-state index in [4.69, 9.17) is 14.2 Å². The maximum absolute atomic E-state index is 12.3. The molecule has 1 fully saturated rings. The van der Waals surface area contributed by atoms with Crippen molar-refractivity contribution < 1.29 is 19.0 Å². The zero-order valence-electron chi connectivity index (χ0n) is 16.7. The van der Waals surface area contributed by atoms with Crippen LogP contribution in [-0.2, 0) is 16.0 Å². The predicted molar refractivity (Wildman–Crippen MR) is 111 cm³/mol.